The van der Waals surface area contributed by atoms with Crippen molar-refractivity contribution in [2.24, 2.45) is 0 Å². The Kier molecular flexibility index (Phi) is 2.55. The maximum Gasteiger partial charge on any atom is 0.573 e. The van der Waals surface area contributed by atoms with Gasteiger partial charge in [-0.25, -0.2) is 4.39 Å². The maximum absolute atomic E-state index is 12.9. The van der Waals surface area contributed by atoms with Crippen LogP contribution in [-0.2, 0) is 0 Å². The highest BCUT2D eigenvalue weighted by Gasteiger charge is 2.32. The first-order chi connectivity index (χ1) is 6.29. The quantitative estimate of drug-likeness (QED) is 0.570. The molecule has 1 aromatic carbocycles. The summed E-state index contributed by atoms with van der Waals surface area (Å²) in [5, 5.41) is 0. The molecule has 0 heterocycles. The predicted molar refractivity (Wildman–Crippen MR) is 42.2 cm³/mol. The molecule has 78 valence electrons. The van der Waals surface area contributed by atoms with E-state index in [1.807, 2.05) is 0 Å². The zero-order valence-corrected chi connectivity index (χ0v) is 7.15. The second kappa shape index (κ2) is 3.36. The number of anilines is 1. The monoisotopic (exact) mass is 209 g/mol. The minimum absolute atomic E-state index is 0.0806. The first kappa shape index (κ1) is 10.6. The summed E-state index contributed by atoms with van der Waals surface area (Å²) in [6, 6.07) is 1.69. The number of alkyl halides is 3. The van der Waals surface area contributed by atoms with E-state index >= 15 is 0 Å². The summed E-state index contributed by atoms with van der Waals surface area (Å²) >= 11 is 0. The van der Waals surface area contributed by atoms with E-state index in [1.165, 1.54) is 6.92 Å². The van der Waals surface area contributed by atoms with Crippen LogP contribution >= 0.6 is 0 Å². The summed E-state index contributed by atoms with van der Waals surface area (Å²) in [5.41, 5.74) is 5.68. The molecule has 0 amide bonds. The van der Waals surface area contributed by atoms with Crippen molar-refractivity contribution in [1.82, 2.24) is 0 Å². The molecule has 0 fully saturated rings. The zero-order chi connectivity index (χ0) is 10.9. The average molecular weight is 209 g/mol. The van der Waals surface area contributed by atoms with E-state index in [-0.39, 0.29) is 5.69 Å². The standard InChI is InChI=1S/C8H7F4NO/c1-4-2-7(14-8(10,11)12)5(9)3-6(4)13/h2-3H,13H2,1H3. The van der Waals surface area contributed by atoms with E-state index in [4.69, 9.17) is 5.73 Å². The summed E-state index contributed by atoms with van der Waals surface area (Å²) in [6.45, 7) is 1.46. The van der Waals surface area contributed by atoms with Crippen molar-refractivity contribution in [2.45, 2.75) is 13.3 Å². The van der Waals surface area contributed by atoms with Gasteiger partial charge in [0.15, 0.2) is 11.6 Å². The Labute approximate surface area is 77.3 Å². The molecule has 2 N–H and O–H groups in total. The Hall–Kier alpha value is -1.46. The van der Waals surface area contributed by atoms with Crippen molar-refractivity contribution in [1.29, 1.82) is 0 Å². The van der Waals surface area contributed by atoms with E-state index < -0.39 is 17.9 Å². The lowest BCUT2D eigenvalue weighted by molar-refractivity contribution is -0.275. The van der Waals surface area contributed by atoms with Gasteiger partial charge < -0.3 is 10.5 Å². The number of hydrogen-bond acceptors (Lipinski definition) is 2. The number of aryl methyl sites for hydroxylation is 1. The third-order valence-electron chi connectivity index (χ3n) is 1.55. The van der Waals surface area contributed by atoms with Crippen LogP contribution in [0, 0.1) is 12.7 Å². The van der Waals surface area contributed by atoms with Gasteiger partial charge >= 0.3 is 6.36 Å². The minimum Gasteiger partial charge on any atom is -0.403 e. The van der Waals surface area contributed by atoms with E-state index in [0.717, 1.165) is 12.1 Å². The van der Waals surface area contributed by atoms with Crippen LogP contribution in [0.3, 0.4) is 0 Å². The van der Waals surface area contributed by atoms with Gasteiger partial charge in [0.25, 0.3) is 0 Å². The van der Waals surface area contributed by atoms with Crippen LogP contribution in [0.25, 0.3) is 0 Å². The van der Waals surface area contributed by atoms with Gasteiger partial charge in [0.1, 0.15) is 0 Å². The Morgan fingerprint density at radius 2 is 1.86 bits per heavy atom. The van der Waals surface area contributed by atoms with Crippen molar-refractivity contribution in [3.63, 3.8) is 0 Å². The van der Waals surface area contributed by atoms with Gasteiger partial charge in [-0.1, -0.05) is 0 Å². The highest BCUT2D eigenvalue weighted by molar-refractivity contribution is 5.50. The topological polar surface area (TPSA) is 35.2 Å². The van der Waals surface area contributed by atoms with E-state index in [0.29, 0.717) is 5.56 Å². The third-order valence-corrected chi connectivity index (χ3v) is 1.55. The normalized spacial score (nSPS) is 11.5. The molecule has 0 atom stereocenters. The number of ether oxygens (including phenoxy) is 1. The van der Waals surface area contributed by atoms with Crippen molar-refractivity contribution in [2.75, 3.05) is 5.73 Å². The Balaban J connectivity index is 3.04. The molecule has 0 bridgehead atoms. The predicted octanol–water partition coefficient (Wildman–Crippen LogP) is 2.61. The van der Waals surface area contributed by atoms with Crippen molar-refractivity contribution >= 4 is 5.69 Å². The van der Waals surface area contributed by atoms with Crippen LogP contribution in [0.4, 0.5) is 23.2 Å². The highest BCUT2D eigenvalue weighted by Crippen LogP contribution is 2.28. The molecule has 1 aromatic rings. The highest BCUT2D eigenvalue weighted by atomic mass is 19.4. The van der Waals surface area contributed by atoms with Gasteiger partial charge in [-0.15, -0.1) is 13.2 Å². The Morgan fingerprint density at radius 3 is 2.36 bits per heavy atom. The van der Waals surface area contributed by atoms with Crippen LogP contribution in [0.2, 0.25) is 0 Å². The van der Waals surface area contributed by atoms with Crippen molar-refractivity contribution in [3.05, 3.63) is 23.5 Å². The molecule has 0 aliphatic rings. The number of nitrogen functional groups attached to an aromatic ring is 1. The van der Waals surface area contributed by atoms with Gasteiger partial charge in [-0.2, -0.15) is 0 Å². The largest absolute Gasteiger partial charge is 0.573 e. The Bertz CT molecular complexity index is 348. The van der Waals surface area contributed by atoms with Gasteiger partial charge in [-0.05, 0) is 18.6 Å². The van der Waals surface area contributed by atoms with Crippen LogP contribution in [0.15, 0.2) is 12.1 Å². The molecular formula is C8H7F4NO. The molecule has 0 spiro atoms. The summed E-state index contributed by atoms with van der Waals surface area (Å²) in [4.78, 5) is 0. The fraction of sp³-hybridized carbons (Fsp3) is 0.250. The van der Waals surface area contributed by atoms with Crippen LogP contribution < -0.4 is 10.5 Å². The number of halogens is 4. The summed E-state index contributed by atoms with van der Waals surface area (Å²) in [7, 11) is 0. The summed E-state index contributed by atoms with van der Waals surface area (Å²) in [5.74, 6) is -2.00. The average Bonchev–Trinajstić information content (AvgIpc) is 1.97. The first-order valence-electron chi connectivity index (χ1n) is 3.61. The fourth-order valence-electron chi connectivity index (χ4n) is 0.873. The van der Waals surface area contributed by atoms with E-state index in [9.17, 15) is 17.6 Å². The Morgan fingerprint density at radius 1 is 1.29 bits per heavy atom. The number of nitrogens with two attached hydrogens (primary N) is 1. The van der Waals surface area contributed by atoms with Crippen molar-refractivity contribution < 1.29 is 22.3 Å². The molecule has 0 unspecified atom stereocenters. The molecule has 0 saturated carbocycles. The second-order valence-electron chi connectivity index (χ2n) is 2.69. The van der Waals surface area contributed by atoms with E-state index in [1.54, 1.807) is 0 Å². The molecule has 0 aliphatic heterocycles. The molecule has 2 nitrogen and oxygen atoms in total. The third kappa shape index (κ3) is 2.51. The molecular weight excluding hydrogens is 202 g/mol. The molecule has 0 radical (unpaired) electrons. The first-order valence-corrected chi connectivity index (χ1v) is 3.61. The second-order valence-corrected chi connectivity index (χ2v) is 2.69. The zero-order valence-electron chi connectivity index (χ0n) is 7.15. The van der Waals surface area contributed by atoms with Crippen LogP contribution in [-0.4, -0.2) is 6.36 Å². The van der Waals surface area contributed by atoms with Gasteiger partial charge in [-0.3, -0.25) is 0 Å². The molecule has 1 rings (SSSR count). The molecule has 0 aliphatic carbocycles. The SMILES string of the molecule is Cc1cc(OC(F)(F)F)c(F)cc1N. The smallest absolute Gasteiger partial charge is 0.403 e. The fourth-order valence-corrected chi connectivity index (χ4v) is 0.873. The number of hydrogen-bond donors (Lipinski definition) is 1. The lowest BCUT2D eigenvalue weighted by Gasteiger charge is -2.11. The molecule has 0 aromatic heterocycles. The lowest BCUT2D eigenvalue weighted by atomic mass is 10.2. The van der Waals surface area contributed by atoms with Crippen LogP contribution in [0.5, 0.6) is 5.75 Å². The molecule has 14 heavy (non-hydrogen) atoms. The number of benzene rings is 1. The van der Waals surface area contributed by atoms with Gasteiger partial charge in [0.2, 0.25) is 0 Å². The molecule has 6 heteroatoms. The van der Waals surface area contributed by atoms with Gasteiger partial charge in [0, 0.05) is 11.8 Å². The van der Waals surface area contributed by atoms with Gasteiger partial charge in [0.05, 0.1) is 0 Å². The lowest BCUT2D eigenvalue weighted by Crippen LogP contribution is -2.18. The van der Waals surface area contributed by atoms with Crippen LogP contribution in [0.1, 0.15) is 5.56 Å². The summed E-state index contributed by atoms with van der Waals surface area (Å²) in [6.07, 6.45) is -4.90. The molecule has 0 saturated heterocycles. The van der Waals surface area contributed by atoms with Crippen molar-refractivity contribution in [3.8, 4) is 5.75 Å². The number of rotatable bonds is 1. The van der Waals surface area contributed by atoms with E-state index in [2.05, 4.69) is 4.74 Å². The summed E-state index contributed by atoms with van der Waals surface area (Å²) < 4.78 is 51.5. The maximum atomic E-state index is 12.9. The minimum atomic E-state index is -4.90.